The molecule has 19 heavy (non-hydrogen) atoms. The molecule has 2 rings (SSSR count). The summed E-state index contributed by atoms with van der Waals surface area (Å²) in [7, 11) is 0. The molecule has 0 aromatic heterocycles. The largest absolute Gasteiger partial charge is 0.295 e. The molecule has 2 aliphatic heterocycles. The van der Waals surface area contributed by atoms with E-state index in [2.05, 4.69) is 51.3 Å². The lowest BCUT2D eigenvalue weighted by molar-refractivity contribution is -0.0610. The molecule has 2 nitrogen and oxygen atoms in total. The fourth-order valence-corrected chi connectivity index (χ4v) is 3.47. The van der Waals surface area contributed by atoms with Gasteiger partial charge in [0.25, 0.3) is 0 Å². The molecule has 0 amide bonds. The lowest BCUT2D eigenvalue weighted by atomic mass is 9.74. The summed E-state index contributed by atoms with van der Waals surface area (Å²) in [5.74, 6) is 0.225. The Morgan fingerprint density at radius 3 is 1.95 bits per heavy atom. The Kier molecular flexibility index (Phi) is 4.01. The molecule has 0 spiro atoms. The number of rotatable bonds is 1. The third-order valence-corrected chi connectivity index (χ3v) is 5.01. The van der Waals surface area contributed by atoms with E-state index in [0.29, 0.717) is 12.6 Å². The molecule has 0 unspecified atom stereocenters. The normalized spacial score (nSPS) is 32.4. The third-order valence-electron chi connectivity index (χ3n) is 5.01. The van der Waals surface area contributed by atoms with Crippen molar-refractivity contribution in [3.05, 3.63) is 0 Å². The molecular formula is C16H31FN2. The topological polar surface area (TPSA) is 6.48 Å². The van der Waals surface area contributed by atoms with Crippen LogP contribution in [0.2, 0.25) is 0 Å². The Balaban J connectivity index is 1.84. The predicted molar refractivity (Wildman–Crippen MR) is 79.1 cm³/mol. The van der Waals surface area contributed by atoms with Crippen LogP contribution >= 0.6 is 0 Å². The molecule has 2 aliphatic rings. The smallest absolute Gasteiger partial charge is 0.116 e. The number of likely N-dealkylation sites (tertiary alicyclic amines) is 2. The van der Waals surface area contributed by atoms with Crippen molar-refractivity contribution >= 4 is 0 Å². The zero-order valence-electron chi connectivity index (χ0n) is 13.5. The highest BCUT2D eigenvalue weighted by atomic mass is 19.1. The monoisotopic (exact) mass is 270 g/mol. The fourth-order valence-electron chi connectivity index (χ4n) is 3.47. The highest BCUT2D eigenvalue weighted by Crippen LogP contribution is 2.37. The van der Waals surface area contributed by atoms with E-state index in [4.69, 9.17) is 0 Å². The SMILES string of the molecule is CC(C)(C)[C@@H]1CCN(C2CN(C(C)(C)C)C2)C[C@H]1F. The van der Waals surface area contributed by atoms with Gasteiger partial charge in [0.05, 0.1) is 0 Å². The van der Waals surface area contributed by atoms with Gasteiger partial charge >= 0.3 is 0 Å². The molecular weight excluding hydrogens is 239 g/mol. The summed E-state index contributed by atoms with van der Waals surface area (Å²) in [4.78, 5) is 4.87. The summed E-state index contributed by atoms with van der Waals surface area (Å²) in [5, 5.41) is 0. The number of piperidine rings is 1. The van der Waals surface area contributed by atoms with Crippen LogP contribution in [0.5, 0.6) is 0 Å². The Hall–Kier alpha value is -0.150. The molecule has 2 saturated heterocycles. The first-order chi connectivity index (χ1) is 8.59. The van der Waals surface area contributed by atoms with E-state index < -0.39 is 6.17 Å². The summed E-state index contributed by atoms with van der Waals surface area (Å²) >= 11 is 0. The summed E-state index contributed by atoms with van der Waals surface area (Å²) in [6, 6.07) is 0.582. The molecule has 0 bridgehead atoms. The molecule has 2 fully saturated rings. The van der Waals surface area contributed by atoms with Crippen molar-refractivity contribution < 1.29 is 4.39 Å². The minimum Gasteiger partial charge on any atom is -0.295 e. The van der Waals surface area contributed by atoms with E-state index in [9.17, 15) is 4.39 Å². The maximum absolute atomic E-state index is 14.4. The van der Waals surface area contributed by atoms with Crippen molar-refractivity contribution in [3.8, 4) is 0 Å². The van der Waals surface area contributed by atoms with E-state index in [1.54, 1.807) is 0 Å². The van der Waals surface area contributed by atoms with Gasteiger partial charge in [0.15, 0.2) is 0 Å². The fraction of sp³-hybridized carbons (Fsp3) is 1.00. The number of hydrogen-bond acceptors (Lipinski definition) is 2. The van der Waals surface area contributed by atoms with Gasteiger partial charge in [-0.15, -0.1) is 0 Å². The minimum atomic E-state index is -0.655. The van der Waals surface area contributed by atoms with Crippen LogP contribution in [-0.4, -0.2) is 53.7 Å². The molecule has 0 radical (unpaired) electrons. The number of hydrogen-bond donors (Lipinski definition) is 0. The standard InChI is InChI=1S/C16H31FN2/c1-15(2,3)13-7-8-18(11-14(13)17)12-9-19(10-12)16(4,5)6/h12-14H,7-11H2,1-6H3/t13-,14-/m1/s1. The molecule has 0 saturated carbocycles. The zero-order chi connectivity index (χ0) is 14.4. The quantitative estimate of drug-likeness (QED) is 0.722. The van der Waals surface area contributed by atoms with Gasteiger partial charge in [-0.3, -0.25) is 9.80 Å². The molecule has 112 valence electrons. The second-order valence-corrected chi connectivity index (χ2v) is 8.50. The van der Waals surface area contributed by atoms with Crippen molar-refractivity contribution in [2.45, 2.75) is 65.7 Å². The first-order valence-electron chi connectivity index (χ1n) is 7.72. The molecule has 0 aromatic rings. The molecule has 0 aromatic carbocycles. The zero-order valence-corrected chi connectivity index (χ0v) is 13.5. The average Bonchev–Trinajstić information content (AvgIpc) is 2.10. The summed E-state index contributed by atoms with van der Waals surface area (Å²) in [6.07, 6.45) is 0.355. The van der Waals surface area contributed by atoms with Crippen molar-refractivity contribution in [2.75, 3.05) is 26.2 Å². The second-order valence-electron chi connectivity index (χ2n) is 8.50. The Bertz CT molecular complexity index is 310. The van der Waals surface area contributed by atoms with E-state index in [1.165, 1.54) is 0 Å². The van der Waals surface area contributed by atoms with Crippen LogP contribution in [0.3, 0.4) is 0 Å². The van der Waals surface area contributed by atoms with Crippen LogP contribution in [0.4, 0.5) is 4.39 Å². The van der Waals surface area contributed by atoms with Gasteiger partial charge in [-0.05, 0) is 45.1 Å². The third kappa shape index (κ3) is 3.30. The van der Waals surface area contributed by atoms with Crippen molar-refractivity contribution in [1.82, 2.24) is 9.80 Å². The van der Waals surface area contributed by atoms with Gasteiger partial charge in [-0.2, -0.15) is 0 Å². The van der Waals surface area contributed by atoms with Crippen LogP contribution in [0.25, 0.3) is 0 Å². The lowest BCUT2D eigenvalue weighted by Gasteiger charge is -2.53. The lowest BCUT2D eigenvalue weighted by Crippen LogP contribution is -2.66. The van der Waals surface area contributed by atoms with Crippen molar-refractivity contribution in [2.24, 2.45) is 11.3 Å². The Morgan fingerprint density at radius 1 is 0.947 bits per heavy atom. The first kappa shape index (κ1) is 15.2. The minimum absolute atomic E-state index is 0.0998. The maximum atomic E-state index is 14.4. The number of halogens is 1. The molecule has 3 heteroatoms. The number of alkyl halides is 1. The summed E-state index contributed by atoms with van der Waals surface area (Å²) in [5.41, 5.74) is 0.359. The van der Waals surface area contributed by atoms with Gasteiger partial charge in [0.2, 0.25) is 0 Å². The van der Waals surface area contributed by atoms with Crippen LogP contribution < -0.4 is 0 Å². The van der Waals surface area contributed by atoms with Gasteiger partial charge in [-0.1, -0.05) is 20.8 Å². The second kappa shape index (κ2) is 5.00. The van der Waals surface area contributed by atoms with Gasteiger partial charge < -0.3 is 0 Å². The van der Waals surface area contributed by atoms with Crippen LogP contribution in [0, 0.1) is 11.3 Å². The summed E-state index contributed by atoms with van der Waals surface area (Å²) in [6.45, 7) is 17.2. The van der Waals surface area contributed by atoms with E-state index >= 15 is 0 Å². The highest BCUT2D eigenvalue weighted by Gasteiger charge is 2.43. The maximum Gasteiger partial charge on any atom is 0.116 e. The average molecular weight is 270 g/mol. The first-order valence-corrected chi connectivity index (χ1v) is 7.72. The molecule has 0 aliphatic carbocycles. The molecule has 2 heterocycles. The number of nitrogens with zero attached hydrogens (tertiary/aromatic N) is 2. The predicted octanol–water partition coefficient (Wildman–Crippen LogP) is 3.18. The molecule has 0 N–H and O–H groups in total. The molecule has 2 atom stereocenters. The van der Waals surface area contributed by atoms with Crippen molar-refractivity contribution in [1.29, 1.82) is 0 Å². The van der Waals surface area contributed by atoms with Crippen molar-refractivity contribution in [3.63, 3.8) is 0 Å². The Labute approximate surface area is 118 Å². The Morgan fingerprint density at radius 2 is 1.53 bits per heavy atom. The van der Waals surface area contributed by atoms with E-state index in [1.807, 2.05) is 0 Å². The van der Waals surface area contributed by atoms with Crippen LogP contribution in [-0.2, 0) is 0 Å². The van der Waals surface area contributed by atoms with Gasteiger partial charge in [0, 0.05) is 31.2 Å². The van der Waals surface area contributed by atoms with Crippen LogP contribution in [0.1, 0.15) is 48.0 Å². The summed E-state index contributed by atoms with van der Waals surface area (Å²) < 4.78 is 14.4. The highest BCUT2D eigenvalue weighted by molar-refractivity contribution is 4.97. The van der Waals surface area contributed by atoms with E-state index in [-0.39, 0.29) is 16.9 Å². The van der Waals surface area contributed by atoms with E-state index in [0.717, 1.165) is 26.1 Å². The van der Waals surface area contributed by atoms with Gasteiger partial charge in [-0.25, -0.2) is 4.39 Å². The van der Waals surface area contributed by atoms with Crippen LogP contribution in [0.15, 0.2) is 0 Å². The van der Waals surface area contributed by atoms with Gasteiger partial charge in [0.1, 0.15) is 6.17 Å².